The topological polar surface area (TPSA) is 100 Å². The van der Waals surface area contributed by atoms with Crippen molar-refractivity contribution < 1.29 is 14.7 Å². The minimum Gasteiger partial charge on any atom is -0.480 e. The molecular formula is C11H17N5O3. The van der Waals surface area contributed by atoms with Crippen molar-refractivity contribution in [1.29, 1.82) is 0 Å². The van der Waals surface area contributed by atoms with Crippen LogP contribution < -0.4 is 5.32 Å². The lowest BCUT2D eigenvalue weighted by molar-refractivity contribution is -0.143. The number of rotatable bonds is 3. The van der Waals surface area contributed by atoms with E-state index in [0.29, 0.717) is 18.8 Å². The van der Waals surface area contributed by atoms with Gasteiger partial charge in [0.2, 0.25) is 0 Å². The highest BCUT2D eigenvalue weighted by Gasteiger charge is 2.31. The van der Waals surface area contributed by atoms with Gasteiger partial charge in [0.1, 0.15) is 12.4 Å². The summed E-state index contributed by atoms with van der Waals surface area (Å²) in [6.07, 6.45) is 3.72. The summed E-state index contributed by atoms with van der Waals surface area (Å²) in [6.45, 7) is 0.708. The fourth-order valence-electron chi connectivity index (χ4n) is 2.15. The summed E-state index contributed by atoms with van der Waals surface area (Å²) >= 11 is 0. The first-order valence-corrected chi connectivity index (χ1v) is 6.19. The largest absolute Gasteiger partial charge is 0.480 e. The van der Waals surface area contributed by atoms with Crippen LogP contribution >= 0.6 is 0 Å². The van der Waals surface area contributed by atoms with Crippen LogP contribution in [0.15, 0.2) is 6.33 Å². The van der Waals surface area contributed by atoms with E-state index in [1.807, 2.05) is 0 Å². The van der Waals surface area contributed by atoms with Crippen LogP contribution in [0.2, 0.25) is 0 Å². The summed E-state index contributed by atoms with van der Waals surface area (Å²) < 4.78 is 1.70. The predicted octanol–water partition coefficient (Wildman–Crippen LogP) is -0.0362. The number of amides is 2. The van der Waals surface area contributed by atoms with Crippen LogP contribution in [0.4, 0.5) is 4.79 Å². The maximum absolute atomic E-state index is 12.0. The summed E-state index contributed by atoms with van der Waals surface area (Å²) in [4.78, 5) is 24.5. The van der Waals surface area contributed by atoms with Crippen molar-refractivity contribution in [3.05, 3.63) is 12.2 Å². The number of carbonyl (C=O) groups excluding carboxylic acids is 1. The van der Waals surface area contributed by atoms with E-state index in [9.17, 15) is 9.59 Å². The summed E-state index contributed by atoms with van der Waals surface area (Å²) in [5, 5.41) is 19.3. The molecule has 0 aliphatic carbocycles. The third-order valence-corrected chi connectivity index (χ3v) is 3.25. The van der Waals surface area contributed by atoms with Crippen LogP contribution in [0.5, 0.6) is 0 Å². The van der Waals surface area contributed by atoms with Crippen molar-refractivity contribution in [1.82, 2.24) is 25.0 Å². The van der Waals surface area contributed by atoms with Crippen molar-refractivity contribution >= 4 is 12.0 Å². The molecule has 0 saturated carbocycles. The predicted molar refractivity (Wildman–Crippen MR) is 65.2 cm³/mol. The third-order valence-electron chi connectivity index (χ3n) is 3.25. The summed E-state index contributed by atoms with van der Waals surface area (Å²) in [5.41, 5.74) is 0. The zero-order chi connectivity index (χ0) is 13.8. The Balaban J connectivity index is 1.94. The van der Waals surface area contributed by atoms with Crippen LogP contribution in [-0.4, -0.2) is 49.4 Å². The van der Waals surface area contributed by atoms with E-state index in [-0.39, 0.29) is 12.6 Å². The molecule has 0 bridgehead atoms. The van der Waals surface area contributed by atoms with E-state index >= 15 is 0 Å². The van der Waals surface area contributed by atoms with Gasteiger partial charge in [0, 0.05) is 13.6 Å². The van der Waals surface area contributed by atoms with E-state index in [2.05, 4.69) is 15.5 Å². The monoisotopic (exact) mass is 267 g/mol. The average molecular weight is 267 g/mol. The lowest BCUT2D eigenvalue weighted by atomic mass is 10.0. The van der Waals surface area contributed by atoms with Gasteiger partial charge in [-0.25, -0.2) is 9.59 Å². The van der Waals surface area contributed by atoms with Crippen molar-refractivity contribution in [2.45, 2.75) is 31.8 Å². The summed E-state index contributed by atoms with van der Waals surface area (Å²) in [5.74, 6) is -0.328. The van der Waals surface area contributed by atoms with E-state index in [1.165, 1.54) is 4.90 Å². The lowest BCUT2D eigenvalue weighted by Crippen LogP contribution is -2.51. The molecule has 8 nitrogen and oxygen atoms in total. The zero-order valence-electron chi connectivity index (χ0n) is 10.7. The molecule has 1 aromatic rings. The zero-order valence-corrected chi connectivity index (χ0v) is 10.7. The van der Waals surface area contributed by atoms with Gasteiger partial charge in [-0.2, -0.15) is 0 Å². The Labute approximate surface area is 110 Å². The first kappa shape index (κ1) is 13.3. The lowest BCUT2D eigenvalue weighted by Gasteiger charge is -2.32. The molecule has 8 heteroatoms. The fourth-order valence-corrected chi connectivity index (χ4v) is 2.15. The minimum atomic E-state index is -0.950. The molecule has 2 amide bonds. The number of piperidine rings is 1. The molecule has 2 heterocycles. The number of aliphatic carboxylic acids is 1. The Morgan fingerprint density at radius 2 is 2.32 bits per heavy atom. The molecule has 1 unspecified atom stereocenters. The molecule has 19 heavy (non-hydrogen) atoms. The smallest absolute Gasteiger partial charge is 0.326 e. The highest BCUT2D eigenvalue weighted by molar-refractivity contribution is 5.82. The van der Waals surface area contributed by atoms with Crippen molar-refractivity contribution in [2.75, 3.05) is 6.54 Å². The summed E-state index contributed by atoms with van der Waals surface area (Å²) in [7, 11) is 1.78. The van der Waals surface area contributed by atoms with E-state index in [0.717, 1.165) is 12.8 Å². The standard InChI is InChI=1S/C11H17N5O3/c1-15-7-13-14-9(15)6-12-11(19)16-5-3-2-4-8(16)10(17)18/h7-8H,2-6H2,1H3,(H,12,19)(H,17,18). The van der Waals surface area contributed by atoms with Gasteiger partial charge in [0.05, 0.1) is 6.54 Å². The number of hydrogen-bond acceptors (Lipinski definition) is 4. The molecule has 1 aliphatic heterocycles. The highest BCUT2D eigenvalue weighted by atomic mass is 16.4. The number of carboxylic acid groups (broad SMARTS) is 1. The third kappa shape index (κ3) is 3.01. The number of carbonyl (C=O) groups is 2. The Morgan fingerprint density at radius 3 is 2.95 bits per heavy atom. The molecule has 2 rings (SSSR count). The Morgan fingerprint density at radius 1 is 1.53 bits per heavy atom. The van der Waals surface area contributed by atoms with Gasteiger partial charge < -0.3 is 19.9 Å². The molecule has 1 fully saturated rings. The van der Waals surface area contributed by atoms with Crippen molar-refractivity contribution in [2.24, 2.45) is 7.05 Å². The van der Waals surface area contributed by atoms with Gasteiger partial charge in [0.15, 0.2) is 5.82 Å². The van der Waals surface area contributed by atoms with Gasteiger partial charge in [0.25, 0.3) is 0 Å². The van der Waals surface area contributed by atoms with Crippen LogP contribution in [0.3, 0.4) is 0 Å². The van der Waals surface area contributed by atoms with Crippen LogP contribution in [-0.2, 0) is 18.4 Å². The Hall–Kier alpha value is -2.12. The molecule has 1 aromatic heterocycles. The average Bonchev–Trinajstić information content (AvgIpc) is 2.81. The van der Waals surface area contributed by atoms with E-state index in [1.54, 1.807) is 17.9 Å². The molecule has 104 valence electrons. The number of aryl methyl sites for hydroxylation is 1. The Kier molecular flexibility index (Phi) is 3.98. The molecule has 0 aromatic carbocycles. The number of carboxylic acids is 1. The minimum absolute atomic E-state index is 0.234. The molecule has 0 spiro atoms. The number of likely N-dealkylation sites (tertiary alicyclic amines) is 1. The van der Waals surface area contributed by atoms with Crippen LogP contribution in [0.25, 0.3) is 0 Å². The molecule has 1 atom stereocenters. The fraction of sp³-hybridized carbons (Fsp3) is 0.636. The first-order chi connectivity index (χ1) is 9.09. The maximum atomic E-state index is 12.0. The van der Waals surface area contributed by atoms with Gasteiger partial charge in [-0.15, -0.1) is 10.2 Å². The van der Waals surface area contributed by atoms with E-state index < -0.39 is 12.0 Å². The summed E-state index contributed by atoms with van der Waals surface area (Å²) in [6, 6.07) is -1.09. The first-order valence-electron chi connectivity index (χ1n) is 6.19. The number of hydrogen-bond donors (Lipinski definition) is 2. The van der Waals surface area contributed by atoms with Gasteiger partial charge in [-0.05, 0) is 19.3 Å². The Bertz CT molecular complexity index is 473. The number of nitrogens with one attached hydrogen (secondary N) is 1. The SMILES string of the molecule is Cn1cnnc1CNC(=O)N1CCCCC1C(=O)O. The van der Waals surface area contributed by atoms with Gasteiger partial charge in [-0.3, -0.25) is 0 Å². The molecule has 1 aliphatic rings. The molecular weight excluding hydrogens is 250 g/mol. The maximum Gasteiger partial charge on any atom is 0.326 e. The molecule has 2 N–H and O–H groups in total. The van der Waals surface area contributed by atoms with Crippen LogP contribution in [0.1, 0.15) is 25.1 Å². The normalized spacial score (nSPS) is 19.2. The number of urea groups is 1. The number of aromatic nitrogens is 3. The molecule has 0 radical (unpaired) electrons. The van der Waals surface area contributed by atoms with Gasteiger partial charge >= 0.3 is 12.0 Å². The quantitative estimate of drug-likeness (QED) is 0.800. The van der Waals surface area contributed by atoms with Crippen molar-refractivity contribution in [3.8, 4) is 0 Å². The second kappa shape index (κ2) is 5.68. The van der Waals surface area contributed by atoms with Crippen LogP contribution in [0, 0.1) is 0 Å². The molecule has 1 saturated heterocycles. The number of nitrogens with zero attached hydrogens (tertiary/aromatic N) is 4. The van der Waals surface area contributed by atoms with Gasteiger partial charge in [-0.1, -0.05) is 0 Å². The second-order valence-corrected chi connectivity index (χ2v) is 4.56. The second-order valence-electron chi connectivity index (χ2n) is 4.56. The van der Waals surface area contributed by atoms with Crippen molar-refractivity contribution in [3.63, 3.8) is 0 Å². The van der Waals surface area contributed by atoms with E-state index in [4.69, 9.17) is 5.11 Å². The highest BCUT2D eigenvalue weighted by Crippen LogP contribution is 2.17.